The summed E-state index contributed by atoms with van der Waals surface area (Å²) in [4.78, 5) is 23.2. The summed E-state index contributed by atoms with van der Waals surface area (Å²) in [6, 6.07) is 0. The minimum absolute atomic E-state index is 0.0432. The maximum Gasteiger partial charge on any atom is 0.230 e. The Morgan fingerprint density at radius 1 is 1.44 bits per heavy atom. The van der Waals surface area contributed by atoms with E-state index in [9.17, 15) is 4.79 Å². The molecule has 4 heterocycles. The van der Waals surface area contributed by atoms with E-state index in [1.54, 1.807) is 11.3 Å². The van der Waals surface area contributed by atoms with Gasteiger partial charge in [-0.1, -0.05) is 11.8 Å². The third-order valence-electron chi connectivity index (χ3n) is 4.82. The molecule has 1 fully saturated rings. The Kier molecular flexibility index (Phi) is 5.28. The van der Waals surface area contributed by atoms with Crippen molar-refractivity contribution in [1.82, 2.24) is 15.3 Å². The number of carbonyl (C=O) groups excluding carboxylic acids is 1. The number of nitrogens with zero attached hydrogens (tertiary/aromatic N) is 2. The van der Waals surface area contributed by atoms with E-state index in [0.717, 1.165) is 36.1 Å². The number of anilines is 1. The van der Waals surface area contributed by atoms with Gasteiger partial charge in [0.25, 0.3) is 0 Å². The van der Waals surface area contributed by atoms with Gasteiger partial charge in [0, 0.05) is 24.4 Å². The van der Waals surface area contributed by atoms with Crippen molar-refractivity contribution in [3.63, 3.8) is 0 Å². The molecule has 7 nitrogen and oxygen atoms in total. The minimum Gasteiger partial charge on any atom is -0.383 e. The number of hydrogen-bond acceptors (Lipinski definition) is 8. The predicted molar refractivity (Wildman–Crippen MR) is 107 cm³/mol. The number of fused-ring (bicyclic) bond motifs is 3. The van der Waals surface area contributed by atoms with Crippen molar-refractivity contribution in [2.75, 3.05) is 24.6 Å². The van der Waals surface area contributed by atoms with Crippen LogP contribution < -0.4 is 11.1 Å². The van der Waals surface area contributed by atoms with Crippen molar-refractivity contribution in [2.45, 2.75) is 56.6 Å². The highest BCUT2D eigenvalue weighted by Gasteiger charge is 2.30. The second kappa shape index (κ2) is 7.54. The molecule has 146 valence electrons. The lowest BCUT2D eigenvalue weighted by Gasteiger charge is -2.30. The topological polar surface area (TPSA) is 99.4 Å². The van der Waals surface area contributed by atoms with Crippen LogP contribution in [0.2, 0.25) is 0 Å². The van der Waals surface area contributed by atoms with Gasteiger partial charge in [0.05, 0.1) is 29.5 Å². The van der Waals surface area contributed by atoms with Crippen LogP contribution in [0.15, 0.2) is 5.16 Å². The molecule has 0 aliphatic carbocycles. The molecule has 0 saturated carbocycles. The third kappa shape index (κ3) is 4.21. The number of nitrogens with two attached hydrogens (primary N) is 1. The first-order chi connectivity index (χ1) is 12.9. The quantitative estimate of drug-likeness (QED) is 0.579. The first-order valence-electron chi connectivity index (χ1n) is 9.14. The van der Waals surface area contributed by atoms with Gasteiger partial charge in [0.1, 0.15) is 10.6 Å². The van der Waals surface area contributed by atoms with E-state index in [-0.39, 0.29) is 23.4 Å². The molecule has 0 unspecified atom stereocenters. The molecule has 27 heavy (non-hydrogen) atoms. The smallest absolute Gasteiger partial charge is 0.230 e. The molecule has 4 rings (SSSR count). The van der Waals surface area contributed by atoms with Crippen molar-refractivity contribution < 1.29 is 14.3 Å². The molecule has 1 atom stereocenters. The summed E-state index contributed by atoms with van der Waals surface area (Å²) in [5.74, 6) is 0.703. The van der Waals surface area contributed by atoms with E-state index in [1.165, 1.54) is 22.2 Å². The number of thiophene rings is 1. The van der Waals surface area contributed by atoms with Crippen molar-refractivity contribution in [2.24, 2.45) is 0 Å². The molecule has 0 aromatic carbocycles. The second-order valence-electron chi connectivity index (χ2n) is 7.53. The number of nitrogens with one attached hydrogen (secondary N) is 1. The molecule has 2 aliphatic heterocycles. The van der Waals surface area contributed by atoms with Gasteiger partial charge < -0.3 is 20.5 Å². The highest BCUT2D eigenvalue weighted by Crippen LogP contribution is 2.40. The number of ether oxygens (including phenoxy) is 2. The Morgan fingerprint density at radius 3 is 3.07 bits per heavy atom. The average molecular weight is 409 g/mol. The van der Waals surface area contributed by atoms with Crippen LogP contribution in [0.1, 0.15) is 37.1 Å². The molecular formula is C18H24N4O3S2. The van der Waals surface area contributed by atoms with E-state index in [2.05, 4.69) is 29.1 Å². The summed E-state index contributed by atoms with van der Waals surface area (Å²) < 4.78 is 11.4. The zero-order chi connectivity index (χ0) is 19.0. The molecule has 0 radical (unpaired) electrons. The zero-order valence-electron chi connectivity index (χ0n) is 15.5. The van der Waals surface area contributed by atoms with E-state index in [1.807, 2.05) is 0 Å². The number of carbonyl (C=O) groups is 1. The third-order valence-corrected chi connectivity index (χ3v) is 6.77. The summed E-state index contributed by atoms with van der Waals surface area (Å²) in [5, 5.41) is 4.39. The fraction of sp³-hybridized carbons (Fsp3) is 0.611. The maximum atomic E-state index is 12.1. The van der Waals surface area contributed by atoms with Crippen LogP contribution in [0.5, 0.6) is 0 Å². The van der Waals surface area contributed by atoms with E-state index in [0.29, 0.717) is 24.1 Å². The molecule has 0 spiro atoms. The van der Waals surface area contributed by atoms with Gasteiger partial charge in [-0.15, -0.1) is 11.3 Å². The Labute approximate surface area is 166 Å². The summed E-state index contributed by atoms with van der Waals surface area (Å²) in [6.07, 6.45) is 3.02. The van der Waals surface area contributed by atoms with E-state index < -0.39 is 0 Å². The fourth-order valence-corrected chi connectivity index (χ4v) is 5.28. The van der Waals surface area contributed by atoms with Crippen LogP contribution in [-0.4, -0.2) is 46.5 Å². The number of hydrogen-bond donors (Lipinski definition) is 2. The van der Waals surface area contributed by atoms with Crippen molar-refractivity contribution in [1.29, 1.82) is 0 Å². The van der Waals surface area contributed by atoms with Crippen molar-refractivity contribution >= 4 is 45.0 Å². The molecule has 1 amide bonds. The van der Waals surface area contributed by atoms with Crippen molar-refractivity contribution in [3.05, 3.63) is 10.4 Å². The standard InChI is InChI=1S/C18H24N4O3S2/c1-18(2)6-11-12(8-25-18)27-16-14(11)15(19)21-17(22-16)26-9-13(23)20-7-10-4-3-5-24-10/h10H,3-9H2,1-2H3,(H,20,23)(H2,19,21,22)/t10-/m0/s1. The highest BCUT2D eigenvalue weighted by molar-refractivity contribution is 7.99. The Morgan fingerprint density at radius 2 is 2.30 bits per heavy atom. The molecule has 9 heteroatoms. The van der Waals surface area contributed by atoms with Gasteiger partial charge in [0.15, 0.2) is 5.16 Å². The van der Waals surface area contributed by atoms with Crippen LogP contribution >= 0.6 is 23.1 Å². The minimum atomic E-state index is -0.206. The Hall–Kier alpha value is -1.42. The van der Waals surface area contributed by atoms with Gasteiger partial charge in [-0.3, -0.25) is 4.79 Å². The maximum absolute atomic E-state index is 12.1. The lowest BCUT2D eigenvalue weighted by molar-refractivity contribution is -0.119. The van der Waals surface area contributed by atoms with E-state index >= 15 is 0 Å². The Balaban J connectivity index is 1.43. The first-order valence-corrected chi connectivity index (χ1v) is 10.9. The molecule has 1 saturated heterocycles. The van der Waals surface area contributed by atoms with Crippen molar-refractivity contribution in [3.8, 4) is 0 Å². The van der Waals surface area contributed by atoms with Gasteiger partial charge in [0.2, 0.25) is 5.91 Å². The summed E-state index contributed by atoms with van der Waals surface area (Å²) in [7, 11) is 0. The van der Waals surface area contributed by atoms with Gasteiger partial charge >= 0.3 is 0 Å². The monoisotopic (exact) mass is 408 g/mol. The number of amides is 1. The molecule has 0 bridgehead atoms. The van der Waals surface area contributed by atoms with Crippen LogP contribution in [0.3, 0.4) is 0 Å². The SMILES string of the molecule is CC1(C)Cc2c(sc3nc(SCC(=O)NC[C@@H]4CCCO4)nc(N)c23)CO1. The average Bonchev–Trinajstić information content (AvgIpc) is 3.24. The summed E-state index contributed by atoms with van der Waals surface area (Å²) >= 11 is 2.91. The van der Waals surface area contributed by atoms with E-state index in [4.69, 9.17) is 15.2 Å². The molecule has 2 aliphatic rings. The number of thioether (sulfide) groups is 1. The van der Waals surface area contributed by atoms with Crippen LogP contribution in [-0.2, 0) is 27.3 Å². The fourth-order valence-electron chi connectivity index (χ4n) is 3.43. The Bertz CT molecular complexity index is 862. The number of aromatic nitrogens is 2. The summed E-state index contributed by atoms with van der Waals surface area (Å²) in [5.41, 5.74) is 7.24. The largest absolute Gasteiger partial charge is 0.383 e. The lowest BCUT2D eigenvalue weighted by Crippen LogP contribution is -2.32. The van der Waals surface area contributed by atoms with Gasteiger partial charge in [-0.2, -0.15) is 0 Å². The first kappa shape index (κ1) is 18.9. The highest BCUT2D eigenvalue weighted by atomic mass is 32.2. The molecule has 3 N–H and O–H groups in total. The zero-order valence-corrected chi connectivity index (χ0v) is 17.2. The van der Waals surface area contributed by atoms with Crippen LogP contribution in [0.25, 0.3) is 10.2 Å². The molecular weight excluding hydrogens is 384 g/mol. The predicted octanol–water partition coefficient (Wildman–Crippen LogP) is 2.51. The lowest BCUT2D eigenvalue weighted by atomic mass is 9.94. The second-order valence-corrected chi connectivity index (χ2v) is 9.55. The molecule has 2 aromatic heterocycles. The number of rotatable bonds is 5. The van der Waals surface area contributed by atoms with Gasteiger partial charge in [-0.25, -0.2) is 9.97 Å². The van der Waals surface area contributed by atoms with Crippen LogP contribution in [0, 0.1) is 0 Å². The number of nitrogen functional groups attached to an aromatic ring is 1. The van der Waals surface area contributed by atoms with Gasteiger partial charge in [-0.05, 0) is 32.3 Å². The van der Waals surface area contributed by atoms with Crippen LogP contribution in [0.4, 0.5) is 5.82 Å². The normalized spacial score (nSPS) is 21.3. The summed E-state index contributed by atoms with van der Waals surface area (Å²) in [6.45, 7) is 6.09. The molecule has 2 aromatic rings.